The molecular formula is C54H33N3S. The molecule has 0 N–H and O–H groups in total. The van der Waals surface area contributed by atoms with Crippen LogP contribution in [0.4, 0.5) is 0 Å². The maximum atomic E-state index is 5.10. The van der Waals surface area contributed by atoms with Crippen molar-refractivity contribution in [2.75, 3.05) is 0 Å². The molecule has 0 aliphatic heterocycles. The Bertz CT molecular complexity index is 3480. The van der Waals surface area contributed by atoms with Crippen LogP contribution >= 0.6 is 11.3 Å². The summed E-state index contributed by atoms with van der Waals surface area (Å²) in [4.78, 5) is 10.1. The maximum Gasteiger partial charge on any atom is 0.160 e. The van der Waals surface area contributed by atoms with Gasteiger partial charge in [-0.2, -0.15) is 0 Å². The van der Waals surface area contributed by atoms with Crippen LogP contribution in [0, 0.1) is 0 Å². The number of hydrogen-bond acceptors (Lipinski definition) is 3. The third kappa shape index (κ3) is 5.19. The molecule has 12 aromatic rings. The number of aromatic nitrogens is 3. The first-order chi connectivity index (χ1) is 28.7. The van der Waals surface area contributed by atoms with E-state index < -0.39 is 0 Å². The zero-order valence-corrected chi connectivity index (χ0v) is 32.1. The predicted octanol–water partition coefficient (Wildman–Crippen LogP) is 14.9. The molecule has 9 aromatic carbocycles. The summed E-state index contributed by atoms with van der Waals surface area (Å²) in [6.07, 6.45) is 0. The molecule has 4 heteroatoms. The first-order valence-corrected chi connectivity index (χ1v) is 20.5. The minimum absolute atomic E-state index is 0.715. The molecule has 0 aliphatic carbocycles. The van der Waals surface area contributed by atoms with E-state index in [1.54, 1.807) is 0 Å². The SMILES string of the molecule is c1ccc(-c2cc(-c3ccc(-n4c5ccc6ccccc6c5c5c6sc7ccc(-c8cccc9ccccc89)cc7c6ccc54)cc3)nc(-c3ccccc3)n2)cc1. The van der Waals surface area contributed by atoms with E-state index in [0.717, 1.165) is 33.8 Å². The number of nitrogens with zero attached hydrogens (tertiary/aromatic N) is 3. The van der Waals surface area contributed by atoms with Crippen molar-refractivity contribution in [3.63, 3.8) is 0 Å². The van der Waals surface area contributed by atoms with Crippen LogP contribution in [0.25, 0.3) is 114 Å². The molecular weight excluding hydrogens is 723 g/mol. The van der Waals surface area contributed by atoms with Gasteiger partial charge in [0, 0.05) is 53.3 Å². The molecule has 0 aliphatic rings. The Balaban J connectivity index is 1.05. The van der Waals surface area contributed by atoms with Crippen molar-refractivity contribution >= 4 is 74.9 Å². The van der Waals surface area contributed by atoms with Gasteiger partial charge in [0.1, 0.15) is 0 Å². The van der Waals surface area contributed by atoms with Crippen LogP contribution in [0.3, 0.4) is 0 Å². The van der Waals surface area contributed by atoms with E-state index in [2.05, 4.69) is 180 Å². The van der Waals surface area contributed by atoms with Crippen LogP contribution < -0.4 is 0 Å². The Labute approximate surface area is 338 Å². The van der Waals surface area contributed by atoms with E-state index in [0.29, 0.717) is 5.82 Å². The summed E-state index contributed by atoms with van der Waals surface area (Å²) in [5.41, 5.74) is 10.9. The highest BCUT2D eigenvalue weighted by Crippen LogP contribution is 2.46. The van der Waals surface area contributed by atoms with Gasteiger partial charge in [-0.15, -0.1) is 11.3 Å². The van der Waals surface area contributed by atoms with Gasteiger partial charge in [-0.25, -0.2) is 9.97 Å². The van der Waals surface area contributed by atoms with Gasteiger partial charge >= 0.3 is 0 Å². The van der Waals surface area contributed by atoms with Crippen LogP contribution in [-0.2, 0) is 0 Å². The summed E-state index contributed by atoms with van der Waals surface area (Å²) < 4.78 is 5.06. The number of rotatable bonds is 5. The van der Waals surface area contributed by atoms with Crippen molar-refractivity contribution < 1.29 is 0 Å². The second kappa shape index (κ2) is 13.1. The number of thiophene rings is 1. The second-order valence-corrected chi connectivity index (χ2v) is 16.0. The molecule has 0 radical (unpaired) electrons. The Morgan fingerprint density at radius 2 is 0.983 bits per heavy atom. The standard InChI is InChI=1S/C54H33N3S/c1-3-14-36(15-4-1)46-33-47(56-54(55-46)38-16-5-2-6-17-38)37-22-26-40(27-23-37)57-48-29-24-35-13-8-10-20-43(35)51(48)52-49(57)30-28-44-45-32-39(25-31-50(45)58-53(44)52)42-21-11-18-34-12-7-9-19-41(34)42/h1-33H. The summed E-state index contributed by atoms with van der Waals surface area (Å²) in [5.74, 6) is 0.715. The zero-order chi connectivity index (χ0) is 38.2. The van der Waals surface area contributed by atoms with Crippen LogP contribution in [0.5, 0.6) is 0 Å². The first kappa shape index (κ1) is 32.8. The van der Waals surface area contributed by atoms with Crippen LogP contribution in [-0.4, -0.2) is 14.5 Å². The van der Waals surface area contributed by atoms with Crippen LogP contribution in [0.2, 0.25) is 0 Å². The van der Waals surface area contributed by atoms with Gasteiger partial charge in [-0.05, 0) is 75.1 Å². The fraction of sp³-hybridized carbons (Fsp3) is 0. The molecule has 270 valence electrons. The minimum Gasteiger partial charge on any atom is -0.309 e. The smallest absolute Gasteiger partial charge is 0.160 e. The van der Waals surface area contributed by atoms with E-state index in [-0.39, 0.29) is 0 Å². The molecule has 0 saturated carbocycles. The number of fused-ring (bicyclic) bond motifs is 10. The van der Waals surface area contributed by atoms with E-state index in [1.807, 2.05) is 35.6 Å². The van der Waals surface area contributed by atoms with E-state index in [1.165, 1.54) is 74.6 Å². The quantitative estimate of drug-likeness (QED) is 0.175. The van der Waals surface area contributed by atoms with Crippen molar-refractivity contribution in [3.8, 4) is 50.7 Å². The average molecular weight is 756 g/mol. The van der Waals surface area contributed by atoms with Gasteiger partial charge in [0.15, 0.2) is 5.82 Å². The molecule has 0 amide bonds. The van der Waals surface area contributed by atoms with Crippen molar-refractivity contribution in [2.45, 2.75) is 0 Å². The highest BCUT2D eigenvalue weighted by molar-refractivity contribution is 7.26. The molecule has 3 aromatic heterocycles. The maximum absolute atomic E-state index is 5.10. The molecule has 0 atom stereocenters. The predicted molar refractivity (Wildman–Crippen MR) is 246 cm³/mol. The van der Waals surface area contributed by atoms with Gasteiger partial charge in [-0.1, -0.05) is 158 Å². The van der Waals surface area contributed by atoms with Crippen molar-refractivity contribution in [1.29, 1.82) is 0 Å². The zero-order valence-electron chi connectivity index (χ0n) is 31.3. The van der Waals surface area contributed by atoms with Crippen molar-refractivity contribution in [3.05, 3.63) is 200 Å². The van der Waals surface area contributed by atoms with Crippen LogP contribution in [0.15, 0.2) is 200 Å². The van der Waals surface area contributed by atoms with E-state index >= 15 is 0 Å². The lowest BCUT2D eigenvalue weighted by Crippen LogP contribution is -1.97. The van der Waals surface area contributed by atoms with E-state index in [9.17, 15) is 0 Å². The summed E-state index contributed by atoms with van der Waals surface area (Å²) in [6.45, 7) is 0. The highest BCUT2D eigenvalue weighted by Gasteiger charge is 2.20. The van der Waals surface area contributed by atoms with Crippen molar-refractivity contribution in [1.82, 2.24) is 14.5 Å². The monoisotopic (exact) mass is 755 g/mol. The minimum atomic E-state index is 0.715. The molecule has 0 saturated heterocycles. The molecule has 3 nitrogen and oxygen atoms in total. The summed E-state index contributed by atoms with van der Waals surface area (Å²) >= 11 is 1.90. The second-order valence-electron chi connectivity index (χ2n) is 14.9. The third-order valence-electron chi connectivity index (χ3n) is 11.6. The summed E-state index contributed by atoms with van der Waals surface area (Å²) in [5, 5.41) is 10.2. The van der Waals surface area contributed by atoms with Gasteiger partial charge in [0.2, 0.25) is 0 Å². The largest absolute Gasteiger partial charge is 0.309 e. The highest BCUT2D eigenvalue weighted by atomic mass is 32.1. The molecule has 3 heterocycles. The lowest BCUT2D eigenvalue weighted by Gasteiger charge is -2.11. The molecule has 0 fully saturated rings. The van der Waals surface area contributed by atoms with Gasteiger partial charge in [0.05, 0.1) is 22.4 Å². The third-order valence-corrected chi connectivity index (χ3v) is 12.8. The molecule has 0 unspecified atom stereocenters. The lowest BCUT2D eigenvalue weighted by molar-refractivity contribution is 1.17. The Morgan fingerprint density at radius 1 is 0.379 bits per heavy atom. The Hall–Kier alpha value is -7.40. The first-order valence-electron chi connectivity index (χ1n) is 19.7. The normalized spacial score (nSPS) is 11.8. The molecule has 12 rings (SSSR count). The van der Waals surface area contributed by atoms with Gasteiger partial charge in [0.25, 0.3) is 0 Å². The van der Waals surface area contributed by atoms with Crippen LogP contribution in [0.1, 0.15) is 0 Å². The Morgan fingerprint density at radius 3 is 1.76 bits per heavy atom. The summed E-state index contributed by atoms with van der Waals surface area (Å²) in [6, 6.07) is 71.9. The fourth-order valence-corrected chi connectivity index (χ4v) is 10.1. The van der Waals surface area contributed by atoms with Gasteiger partial charge < -0.3 is 4.57 Å². The fourth-order valence-electron chi connectivity index (χ4n) is 8.87. The number of benzene rings is 9. The lowest BCUT2D eigenvalue weighted by atomic mass is 9.97. The van der Waals surface area contributed by atoms with E-state index in [4.69, 9.17) is 9.97 Å². The van der Waals surface area contributed by atoms with Gasteiger partial charge in [-0.3, -0.25) is 0 Å². The average Bonchev–Trinajstić information content (AvgIpc) is 3.85. The molecule has 0 spiro atoms. The topological polar surface area (TPSA) is 30.7 Å². The Kier molecular flexibility index (Phi) is 7.40. The number of hydrogen-bond donors (Lipinski definition) is 0. The van der Waals surface area contributed by atoms with Crippen molar-refractivity contribution in [2.24, 2.45) is 0 Å². The molecule has 0 bridgehead atoms. The summed E-state index contributed by atoms with van der Waals surface area (Å²) in [7, 11) is 0. The molecule has 58 heavy (non-hydrogen) atoms.